The maximum atomic E-state index is 2.44. The van der Waals surface area contributed by atoms with Gasteiger partial charge in [0, 0.05) is 13.1 Å². The number of nitrogens with zero attached hydrogens (tertiary/aromatic N) is 2. The molecule has 0 bridgehead atoms. The number of hydrogen-bond donors (Lipinski definition) is 0. The summed E-state index contributed by atoms with van der Waals surface area (Å²) in [4.78, 5) is 4.88. The number of unbranched alkanes of at least 4 members (excludes halogenated alkanes) is 4. The van der Waals surface area contributed by atoms with Crippen molar-refractivity contribution in [3.8, 4) is 11.1 Å². The second-order valence-corrected chi connectivity index (χ2v) is 8.29. The highest BCUT2D eigenvalue weighted by Crippen LogP contribution is 2.23. The molecule has 0 N–H and O–H groups in total. The molecule has 0 saturated heterocycles. The van der Waals surface area contributed by atoms with E-state index in [2.05, 4.69) is 86.3 Å². The predicted molar refractivity (Wildman–Crippen MR) is 124 cm³/mol. The van der Waals surface area contributed by atoms with Gasteiger partial charge in [-0.2, -0.15) is 0 Å². The van der Waals surface area contributed by atoms with Crippen LogP contribution < -0.4 is 0 Å². The van der Waals surface area contributed by atoms with Gasteiger partial charge in [-0.3, -0.25) is 0 Å². The van der Waals surface area contributed by atoms with E-state index in [1.165, 1.54) is 73.9 Å². The molecule has 0 aliphatic heterocycles. The van der Waals surface area contributed by atoms with Crippen molar-refractivity contribution in [1.29, 1.82) is 0 Å². The first-order valence-electron chi connectivity index (χ1n) is 11.2. The maximum Gasteiger partial charge on any atom is 0.0230 e. The van der Waals surface area contributed by atoms with E-state index in [1.54, 1.807) is 0 Å². The first-order chi connectivity index (χ1) is 13.6. The molecular weight excluding hydrogens is 340 g/mol. The van der Waals surface area contributed by atoms with Gasteiger partial charge < -0.3 is 9.80 Å². The second kappa shape index (κ2) is 12.7. The summed E-state index contributed by atoms with van der Waals surface area (Å²) in [6, 6.07) is 18.1. The lowest BCUT2D eigenvalue weighted by Gasteiger charge is -2.18. The molecule has 0 amide bonds. The fourth-order valence-corrected chi connectivity index (χ4v) is 3.74. The van der Waals surface area contributed by atoms with E-state index in [4.69, 9.17) is 0 Å². The van der Waals surface area contributed by atoms with E-state index in [1.807, 2.05) is 0 Å². The quantitative estimate of drug-likeness (QED) is 0.361. The summed E-state index contributed by atoms with van der Waals surface area (Å²) >= 11 is 0. The van der Waals surface area contributed by atoms with E-state index in [9.17, 15) is 0 Å². The molecule has 0 radical (unpaired) electrons. The van der Waals surface area contributed by atoms with Gasteiger partial charge in [0.15, 0.2) is 0 Å². The average Bonchev–Trinajstić information content (AvgIpc) is 2.69. The molecule has 0 spiro atoms. The van der Waals surface area contributed by atoms with Crippen LogP contribution in [0.2, 0.25) is 0 Å². The zero-order valence-electron chi connectivity index (χ0n) is 18.6. The van der Waals surface area contributed by atoms with Crippen LogP contribution in [-0.2, 0) is 13.1 Å². The van der Waals surface area contributed by atoms with Crippen LogP contribution in [-0.4, -0.2) is 37.0 Å². The zero-order chi connectivity index (χ0) is 20.2. The van der Waals surface area contributed by atoms with Crippen molar-refractivity contribution in [2.24, 2.45) is 0 Å². The van der Waals surface area contributed by atoms with Gasteiger partial charge in [-0.05, 0) is 74.4 Å². The lowest BCUT2D eigenvalue weighted by atomic mass is 10.0. The van der Waals surface area contributed by atoms with Crippen LogP contribution in [0, 0.1) is 0 Å². The van der Waals surface area contributed by atoms with Crippen molar-refractivity contribution in [2.75, 3.05) is 27.2 Å². The minimum absolute atomic E-state index is 1.03. The Labute approximate surface area is 173 Å². The molecule has 0 atom stereocenters. The third kappa shape index (κ3) is 8.16. The first-order valence-corrected chi connectivity index (χ1v) is 11.2. The molecule has 0 saturated carbocycles. The molecule has 0 aliphatic rings. The largest absolute Gasteiger partial charge is 0.302 e. The molecule has 2 aromatic carbocycles. The molecule has 28 heavy (non-hydrogen) atoms. The minimum atomic E-state index is 1.03. The Kier molecular flexibility index (Phi) is 10.3. The standard InChI is InChI=1S/C26H40N2/c1-5-7-9-17-27(3)21-23-13-11-15-25(19-23)26-16-12-14-24(20-26)22-28(4)18-10-8-6-2/h11-16,19-20H,5-10,17-18,21-22H2,1-4H3. The Morgan fingerprint density at radius 1 is 0.607 bits per heavy atom. The highest BCUT2D eigenvalue weighted by atomic mass is 15.1. The van der Waals surface area contributed by atoms with Crippen LogP contribution >= 0.6 is 0 Å². The van der Waals surface area contributed by atoms with Crippen LogP contribution in [0.15, 0.2) is 48.5 Å². The van der Waals surface area contributed by atoms with E-state index in [-0.39, 0.29) is 0 Å². The van der Waals surface area contributed by atoms with Gasteiger partial charge in [-0.25, -0.2) is 0 Å². The van der Waals surface area contributed by atoms with Crippen molar-refractivity contribution in [3.63, 3.8) is 0 Å². The zero-order valence-corrected chi connectivity index (χ0v) is 18.6. The van der Waals surface area contributed by atoms with Crippen molar-refractivity contribution in [3.05, 3.63) is 59.7 Å². The summed E-state index contributed by atoms with van der Waals surface area (Å²) in [5.74, 6) is 0. The molecule has 2 aromatic rings. The lowest BCUT2D eigenvalue weighted by Crippen LogP contribution is -2.19. The summed E-state index contributed by atoms with van der Waals surface area (Å²) in [5.41, 5.74) is 5.46. The van der Waals surface area contributed by atoms with E-state index < -0.39 is 0 Å². The van der Waals surface area contributed by atoms with Crippen molar-refractivity contribution in [2.45, 2.75) is 65.5 Å². The van der Waals surface area contributed by atoms with Crippen LogP contribution in [0.25, 0.3) is 11.1 Å². The smallest absolute Gasteiger partial charge is 0.0230 e. The number of benzene rings is 2. The maximum absolute atomic E-state index is 2.44. The van der Waals surface area contributed by atoms with E-state index in [0.717, 1.165) is 13.1 Å². The fraction of sp³-hybridized carbons (Fsp3) is 0.538. The molecule has 0 aliphatic carbocycles. The Balaban J connectivity index is 1.99. The number of rotatable bonds is 13. The topological polar surface area (TPSA) is 6.48 Å². The molecule has 0 fully saturated rings. The van der Waals surface area contributed by atoms with Crippen LogP contribution in [0.3, 0.4) is 0 Å². The molecular formula is C26H40N2. The van der Waals surface area contributed by atoms with E-state index >= 15 is 0 Å². The Bertz CT molecular complexity index is 620. The van der Waals surface area contributed by atoms with Gasteiger partial charge in [0.1, 0.15) is 0 Å². The van der Waals surface area contributed by atoms with E-state index in [0.29, 0.717) is 0 Å². The second-order valence-electron chi connectivity index (χ2n) is 8.29. The Morgan fingerprint density at radius 3 is 1.43 bits per heavy atom. The van der Waals surface area contributed by atoms with Crippen molar-refractivity contribution >= 4 is 0 Å². The molecule has 2 rings (SSSR count). The monoisotopic (exact) mass is 380 g/mol. The van der Waals surface area contributed by atoms with Crippen molar-refractivity contribution in [1.82, 2.24) is 9.80 Å². The Hall–Kier alpha value is -1.64. The molecule has 154 valence electrons. The van der Waals surface area contributed by atoms with Gasteiger partial charge in [0.2, 0.25) is 0 Å². The molecule has 0 heterocycles. The summed E-state index contributed by atoms with van der Waals surface area (Å²) in [5, 5.41) is 0. The van der Waals surface area contributed by atoms with Gasteiger partial charge in [-0.15, -0.1) is 0 Å². The summed E-state index contributed by atoms with van der Waals surface area (Å²) in [7, 11) is 4.47. The minimum Gasteiger partial charge on any atom is -0.302 e. The third-order valence-corrected chi connectivity index (χ3v) is 5.38. The predicted octanol–water partition coefficient (Wildman–Crippen LogP) is 6.60. The van der Waals surface area contributed by atoms with Crippen LogP contribution in [0.4, 0.5) is 0 Å². The van der Waals surface area contributed by atoms with Gasteiger partial charge >= 0.3 is 0 Å². The number of hydrogen-bond acceptors (Lipinski definition) is 2. The van der Waals surface area contributed by atoms with Gasteiger partial charge in [-0.1, -0.05) is 75.9 Å². The van der Waals surface area contributed by atoms with Gasteiger partial charge in [0.05, 0.1) is 0 Å². The molecule has 2 nitrogen and oxygen atoms in total. The SMILES string of the molecule is CCCCCN(C)Cc1cccc(-c2cccc(CN(C)CCCCC)c2)c1. The van der Waals surface area contributed by atoms with Gasteiger partial charge in [0.25, 0.3) is 0 Å². The fourth-order valence-electron chi connectivity index (χ4n) is 3.74. The molecule has 0 unspecified atom stereocenters. The highest BCUT2D eigenvalue weighted by Gasteiger charge is 2.05. The lowest BCUT2D eigenvalue weighted by molar-refractivity contribution is 0.318. The Morgan fingerprint density at radius 2 is 1.04 bits per heavy atom. The molecule has 2 heteroatoms. The first kappa shape index (κ1) is 22.6. The highest BCUT2D eigenvalue weighted by molar-refractivity contribution is 5.64. The normalized spacial score (nSPS) is 11.5. The van der Waals surface area contributed by atoms with Crippen LogP contribution in [0.1, 0.15) is 63.5 Å². The third-order valence-electron chi connectivity index (χ3n) is 5.38. The van der Waals surface area contributed by atoms with Crippen molar-refractivity contribution < 1.29 is 0 Å². The summed E-state index contributed by atoms with van der Waals surface area (Å²) in [6.07, 6.45) is 7.80. The summed E-state index contributed by atoms with van der Waals surface area (Å²) < 4.78 is 0. The van der Waals surface area contributed by atoms with Crippen LogP contribution in [0.5, 0.6) is 0 Å². The summed E-state index contributed by atoms with van der Waals surface area (Å²) in [6.45, 7) is 8.94. The average molecular weight is 381 g/mol. The molecule has 0 aromatic heterocycles.